The maximum atomic E-state index is 12.7. The van der Waals surface area contributed by atoms with Crippen molar-refractivity contribution in [3.05, 3.63) is 58.6 Å². The fourth-order valence-electron chi connectivity index (χ4n) is 1.93. The molecule has 0 spiro atoms. The van der Waals surface area contributed by atoms with Crippen LogP contribution in [0.3, 0.4) is 0 Å². The number of H-pyrrole nitrogens is 1. The van der Waals surface area contributed by atoms with Crippen LogP contribution >= 0.6 is 0 Å². The number of rotatable bonds is 2. The van der Waals surface area contributed by atoms with Crippen molar-refractivity contribution in [2.45, 2.75) is 6.18 Å². The second-order valence-electron chi connectivity index (χ2n) is 4.50. The van der Waals surface area contributed by atoms with Crippen LogP contribution in [0.4, 0.5) is 24.8 Å². The van der Waals surface area contributed by atoms with Crippen molar-refractivity contribution in [3.8, 4) is 0 Å². The summed E-state index contributed by atoms with van der Waals surface area (Å²) in [6.45, 7) is 0. The Morgan fingerprint density at radius 2 is 2.00 bits per heavy atom. The van der Waals surface area contributed by atoms with Gasteiger partial charge in [0.1, 0.15) is 0 Å². The molecule has 2 heterocycles. The minimum Gasteiger partial charge on any atom is -0.328 e. The van der Waals surface area contributed by atoms with E-state index >= 15 is 0 Å². The van der Waals surface area contributed by atoms with Crippen molar-refractivity contribution in [1.82, 2.24) is 15.0 Å². The lowest BCUT2D eigenvalue weighted by atomic mass is 10.2. The van der Waals surface area contributed by atoms with Crippen LogP contribution in [-0.4, -0.2) is 15.0 Å². The van der Waals surface area contributed by atoms with Gasteiger partial charge in [-0.1, -0.05) is 6.07 Å². The number of benzene rings is 1. The standard InChI is InChI=1S/C14H9F3N4O/c15-14(16,17)8-2-1-3-9(6-8)20-13-19-7-10-11(21-13)4-5-18-12(10)22/h1-7H,(H,18,22)(H,19,20,21). The first-order chi connectivity index (χ1) is 10.4. The SMILES string of the molecule is O=c1[nH]ccc2nc(Nc3cccc(C(F)(F)F)c3)ncc12. The Kier molecular flexibility index (Phi) is 3.28. The number of hydrogen-bond acceptors (Lipinski definition) is 4. The van der Waals surface area contributed by atoms with Crippen LogP contribution in [0.15, 0.2) is 47.5 Å². The summed E-state index contributed by atoms with van der Waals surface area (Å²) in [5, 5.41) is 3.00. The zero-order chi connectivity index (χ0) is 15.7. The lowest BCUT2D eigenvalue weighted by Crippen LogP contribution is -2.08. The summed E-state index contributed by atoms with van der Waals surface area (Å²) < 4.78 is 38.0. The molecule has 22 heavy (non-hydrogen) atoms. The molecule has 0 aliphatic rings. The van der Waals surface area contributed by atoms with Crippen LogP contribution in [0.2, 0.25) is 0 Å². The highest BCUT2D eigenvalue weighted by molar-refractivity contribution is 5.77. The fraction of sp³-hybridized carbons (Fsp3) is 0.0714. The molecule has 1 aromatic carbocycles. The zero-order valence-electron chi connectivity index (χ0n) is 11.0. The number of aromatic nitrogens is 3. The number of anilines is 2. The lowest BCUT2D eigenvalue weighted by Gasteiger charge is -2.09. The number of nitrogens with one attached hydrogen (secondary N) is 2. The smallest absolute Gasteiger partial charge is 0.328 e. The van der Waals surface area contributed by atoms with Crippen LogP contribution in [0.5, 0.6) is 0 Å². The molecule has 0 unspecified atom stereocenters. The number of nitrogens with zero attached hydrogens (tertiary/aromatic N) is 2. The number of halogens is 3. The quantitative estimate of drug-likeness (QED) is 0.763. The minimum absolute atomic E-state index is 0.109. The molecule has 0 aliphatic heterocycles. The summed E-state index contributed by atoms with van der Waals surface area (Å²) in [5.41, 5.74) is -0.495. The van der Waals surface area contributed by atoms with Crippen molar-refractivity contribution in [1.29, 1.82) is 0 Å². The van der Waals surface area contributed by atoms with E-state index in [1.807, 2.05) is 0 Å². The molecular formula is C14H9F3N4O. The zero-order valence-corrected chi connectivity index (χ0v) is 11.0. The first-order valence-electron chi connectivity index (χ1n) is 6.22. The van der Waals surface area contributed by atoms with Gasteiger partial charge in [0.15, 0.2) is 0 Å². The molecule has 0 amide bonds. The van der Waals surface area contributed by atoms with Gasteiger partial charge in [0, 0.05) is 18.1 Å². The molecule has 0 atom stereocenters. The Bertz CT molecular complexity index is 889. The van der Waals surface area contributed by atoms with E-state index in [0.29, 0.717) is 10.9 Å². The van der Waals surface area contributed by atoms with Gasteiger partial charge in [0.05, 0.1) is 16.5 Å². The maximum Gasteiger partial charge on any atom is 0.416 e. The van der Waals surface area contributed by atoms with Gasteiger partial charge < -0.3 is 10.3 Å². The van der Waals surface area contributed by atoms with E-state index in [-0.39, 0.29) is 17.2 Å². The lowest BCUT2D eigenvalue weighted by molar-refractivity contribution is -0.137. The van der Waals surface area contributed by atoms with E-state index in [9.17, 15) is 18.0 Å². The van der Waals surface area contributed by atoms with E-state index in [1.165, 1.54) is 24.5 Å². The summed E-state index contributed by atoms with van der Waals surface area (Å²) >= 11 is 0. The molecule has 3 aromatic rings. The van der Waals surface area contributed by atoms with Gasteiger partial charge in [0.25, 0.3) is 5.56 Å². The largest absolute Gasteiger partial charge is 0.416 e. The summed E-state index contributed by atoms with van der Waals surface area (Å²) in [6, 6.07) is 6.28. The molecule has 0 saturated heterocycles. The van der Waals surface area contributed by atoms with Crippen LogP contribution in [0, 0.1) is 0 Å². The Labute approximate surface area is 121 Å². The van der Waals surface area contributed by atoms with Crippen LogP contribution < -0.4 is 10.9 Å². The van der Waals surface area contributed by atoms with Gasteiger partial charge in [0.2, 0.25) is 5.95 Å². The number of fused-ring (bicyclic) bond motifs is 1. The molecule has 0 radical (unpaired) electrons. The van der Waals surface area contributed by atoms with Gasteiger partial charge in [-0.2, -0.15) is 13.2 Å². The Morgan fingerprint density at radius 1 is 1.18 bits per heavy atom. The number of aromatic amines is 1. The average Bonchev–Trinajstić information content (AvgIpc) is 2.47. The summed E-state index contributed by atoms with van der Waals surface area (Å²) in [5.74, 6) is 0.109. The van der Waals surface area contributed by atoms with E-state index in [2.05, 4.69) is 20.3 Å². The van der Waals surface area contributed by atoms with Crippen LogP contribution in [-0.2, 0) is 6.18 Å². The average molecular weight is 306 g/mol. The molecular weight excluding hydrogens is 297 g/mol. The van der Waals surface area contributed by atoms with Crippen LogP contribution in [0.1, 0.15) is 5.56 Å². The molecule has 5 nitrogen and oxygen atoms in total. The first kappa shape index (κ1) is 14.1. The van der Waals surface area contributed by atoms with E-state index in [1.54, 1.807) is 6.07 Å². The predicted molar refractivity (Wildman–Crippen MR) is 74.9 cm³/mol. The highest BCUT2D eigenvalue weighted by Crippen LogP contribution is 2.31. The second kappa shape index (κ2) is 5.14. The van der Waals surface area contributed by atoms with Gasteiger partial charge in [-0.3, -0.25) is 4.79 Å². The Hall–Kier alpha value is -2.90. The Morgan fingerprint density at radius 3 is 2.77 bits per heavy atom. The van der Waals surface area contributed by atoms with Crippen molar-refractivity contribution in [2.75, 3.05) is 5.32 Å². The number of alkyl halides is 3. The monoisotopic (exact) mass is 306 g/mol. The van der Waals surface area contributed by atoms with Gasteiger partial charge in [-0.05, 0) is 24.3 Å². The number of pyridine rings is 1. The van der Waals surface area contributed by atoms with E-state index < -0.39 is 11.7 Å². The first-order valence-corrected chi connectivity index (χ1v) is 6.22. The van der Waals surface area contributed by atoms with Crippen LogP contribution in [0.25, 0.3) is 10.9 Å². The third kappa shape index (κ3) is 2.76. The summed E-state index contributed by atoms with van der Waals surface area (Å²) in [4.78, 5) is 22.0. The fourth-order valence-corrected chi connectivity index (χ4v) is 1.93. The minimum atomic E-state index is -4.42. The van der Waals surface area contributed by atoms with Crippen molar-refractivity contribution < 1.29 is 13.2 Å². The molecule has 112 valence electrons. The third-order valence-electron chi connectivity index (χ3n) is 2.96. The van der Waals surface area contributed by atoms with Crippen molar-refractivity contribution >= 4 is 22.5 Å². The highest BCUT2D eigenvalue weighted by Gasteiger charge is 2.30. The van der Waals surface area contributed by atoms with Gasteiger partial charge in [-0.25, -0.2) is 9.97 Å². The molecule has 0 saturated carbocycles. The summed E-state index contributed by atoms with van der Waals surface area (Å²) in [6.07, 6.45) is -1.67. The topological polar surface area (TPSA) is 70.7 Å². The molecule has 3 rings (SSSR count). The van der Waals surface area contributed by atoms with E-state index in [4.69, 9.17) is 0 Å². The molecule has 0 bridgehead atoms. The molecule has 2 N–H and O–H groups in total. The second-order valence-corrected chi connectivity index (χ2v) is 4.50. The maximum absolute atomic E-state index is 12.7. The van der Waals surface area contributed by atoms with Crippen molar-refractivity contribution in [3.63, 3.8) is 0 Å². The predicted octanol–water partition coefficient (Wildman–Crippen LogP) is 3.08. The highest BCUT2D eigenvalue weighted by atomic mass is 19.4. The third-order valence-corrected chi connectivity index (χ3v) is 2.96. The molecule has 2 aromatic heterocycles. The number of hydrogen-bond donors (Lipinski definition) is 2. The molecule has 0 fully saturated rings. The van der Waals surface area contributed by atoms with Gasteiger partial charge >= 0.3 is 6.18 Å². The van der Waals surface area contributed by atoms with E-state index in [0.717, 1.165) is 12.1 Å². The normalized spacial score (nSPS) is 11.6. The van der Waals surface area contributed by atoms with Crippen molar-refractivity contribution in [2.24, 2.45) is 0 Å². The summed E-state index contributed by atoms with van der Waals surface area (Å²) in [7, 11) is 0. The molecule has 8 heteroatoms. The van der Waals surface area contributed by atoms with Gasteiger partial charge in [-0.15, -0.1) is 0 Å². The molecule has 0 aliphatic carbocycles. The Balaban J connectivity index is 1.95.